The van der Waals surface area contributed by atoms with E-state index in [0.29, 0.717) is 0 Å². The quantitative estimate of drug-likeness (QED) is 0.549. The number of rotatable bonds is 0. The molecule has 0 amide bonds. The van der Waals surface area contributed by atoms with Gasteiger partial charge in [-0.15, -0.1) is 37.4 Å². The number of H-pyrrole nitrogens is 1. The van der Waals surface area contributed by atoms with Gasteiger partial charge in [-0.05, 0) is 0 Å². The molecule has 1 heterocycles. The average molecular weight is 282 g/mol. The van der Waals surface area contributed by atoms with E-state index in [4.69, 9.17) is 0 Å². The number of aromatic amines is 1. The first kappa shape index (κ1) is 29.4. The predicted octanol–water partition coefficient (Wildman–Crippen LogP) is 3.86. The summed E-state index contributed by atoms with van der Waals surface area (Å²) in [4.78, 5) is 2.74. The van der Waals surface area contributed by atoms with E-state index in [-0.39, 0.29) is 61.4 Å². The summed E-state index contributed by atoms with van der Waals surface area (Å²) in [5, 5.41) is 0. The second kappa shape index (κ2) is 23.7. The third-order valence-electron chi connectivity index (χ3n) is 1.03. The molecule has 1 nitrogen and oxygen atoms in total. The van der Waals surface area contributed by atoms with Gasteiger partial charge in [-0.25, -0.2) is 12.2 Å². The van der Waals surface area contributed by atoms with Gasteiger partial charge in [-0.3, -0.25) is 6.08 Å². The first-order valence-electron chi connectivity index (χ1n) is 3.21. The smallest absolute Gasteiger partial charge is 0.484 e. The summed E-state index contributed by atoms with van der Waals surface area (Å²) in [6, 6.07) is 3.71. The third kappa shape index (κ3) is 20.2. The fourth-order valence-electron chi connectivity index (χ4n) is 0.581. The van der Waals surface area contributed by atoms with Crippen molar-refractivity contribution < 1.29 is 21.7 Å². The van der Waals surface area contributed by atoms with E-state index in [2.05, 4.69) is 23.3 Å². The number of nitrogens with one attached hydrogen (secondary N) is 1. The molecule has 0 aromatic carbocycles. The van der Waals surface area contributed by atoms with Gasteiger partial charge in [0.05, 0.1) is 0 Å². The summed E-state index contributed by atoms with van der Waals surface area (Å²) in [5.74, 6) is 0. The Balaban J connectivity index is -0.0000000333. The fraction of sp³-hybridized carbons (Fsp3) is 0.0909. The summed E-state index contributed by atoms with van der Waals surface area (Å²) < 4.78 is 0. The standard InChI is InChI=1S/C5H5.C4H4N.2CH3.2ClH.Ti/c2*1-2-4-5-3-1;;;;;/h1-3H,4H2;1-3,5H;2*1H3;2*1H;/q4*-1;;;+4. The number of hydrogen-bond acceptors (Lipinski definition) is 0. The van der Waals surface area contributed by atoms with Crippen molar-refractivity contribution in [2.45, 2.75) is 6.42 Å². The molecule has 0 saturated carbocycles. The summed E-state index contributed by atoms with van der Waals surface area (Å²) in [5.41, 5.74) is 0. The molecule has 0 aliphatic heterocycles. The number of aromatic nitrogens is 1. The van der Waals surface area contributed by atoms with Crippen molar-refractivity contribution in [3.63, 3.8) is 0 Å². The van der Waals surface area contributed by atoms with Gasteiger partial charge in [0, 0.05) is 0 Å². The normalized spacial score (nSPS) is 8.53. The maximum Gasteiger partial charge on any atom is 4.00 e. The van der Waals surface area contributed by atoms with Crippen molar-refractivity contribution in [1.29, 1.82) is 0 Å². The molecule has 15 heavy (non-hydrogen) atoms. The minimum atomic E-state index is 0. The van der Waals surface area contributed by atoms with Crippen LogP contribution < -0.4 is 0 Å². The van der Waals surface area contributed by atoms with Crippen LogP contribution in [0.2, 0.25) is 0 Å². The average Bonchev–Trinajstić information content (AvgIpc) is 2.67. The van der Waals surface area contributed by atoms with Gasteiger partial charge < -0.3 is 19.8 Å². The van der Waals surface area contributed by atoms with Crippen LogP contribution >= 0.6 is 24.8 Å². The molecule has 0 atom stereocenters. The van der Waals surface area contributed by atoms with Gasteiger partial charge in [0.1, 0.15) is 0 Å². The Bertz CT molecular complexity index is 181. The topological polar surface area (TPSA) is 15.8 Å². The minimum absolute atomic E-state index is 0. The van der Waals surface area contributed by atoms with Crippen LogP contribution in [0.25, 0.3) is 0 Å². The Kier molecular flexibility index (Phi) is 46.5. The van der Waals surface area contributed by atoms with E-state index in [0.717, 1.165) is 6.42 Å². The monoisotopic (exact) mass is 281 g/mol. The Morgan fingerprint density at radius 1 is 1.13 bits per heavy atom. The van der Waals surface area contributed by atoms with E-state index >= 15 is 0 Å². The van der Waals surface area contributed by atoms with Crippen molar-refractivity contribution in [2.24, 2.45) is 0 Å². The second-order valence-electron chi connectivity index (χ2n) is 1.82. The van der Waals surface area contributed by atoms with Gasteiger partial charge in [-0.2, -0.15) is 24.4 Å². The van der Waals surface area contributed by atoms with Gasteiger partial charge in [-0.1, -0.05) is 0 Å². The van der Waals surface area contributed by atoms with Crippen LogP contribution in [-0.2, 0) is 21.7 Å². The summed E-state index contributed by atoms with van der Waals surface area (Å²) in [7, 11) is 0. The molecule has 0 spiro atoms. The van der Waals surface area contributed by atoms with E-state index < -0.39 is 0 Å². The van der Waals surface area contributed by atoms with Crippen LogP contribution in [0.3, 0.4) is 0 Å². The van der Waals surface area contributed by atoms with E-state index in [1.807, 2.05) is 30.5 Å². The van der Waals surface area contributed by atoms with Crippen LogP contribution in [0.5, 0.6) is 0 Å². The molecule has 84 valence electrons. The van der Waals surface area contributed by atoms with Crippen LogP contribution in [0.15, 0.2) is 36.6 Å². The van der Waals surface area contributed by atoms with Crippen LogP contribution in [0.4, 0.5) is 0 Å². The van der Waals surface area contributed by atoms with Crippen LogP contribution in [0, 0.1) is 27.1 Å². The Hall–Kier alpha value is 0.0543. The molecule has 1 aliphatic rings. The van der Waals surface area contributed by atoms with Gasteiger partial charge in [0.2, 0.25) is 0 Å². The maximum absolute atomic E-state index is 2.99. The molecule has 1 aliphatic carbocycles. The molecule has 0 radical (unpaired) electrons. The molecule has 0 bridgehead atoms. The summed E-state index contributed by atoms with van der Waals surface area (Å²) >= 11 is 0. The molecular formula is C11H17Cl2NTi. The van der Waals surface area contributed by atoms with Crippen LogP contribution in [0.1, 0.15) is 6.42 Å². The number of allylic oxidation sites excluding steroid dienone is 4. The Labute approximate surface area is 121 Å². The molecule has 2 rings (SSSR count). The zero-order chi connectivity index (χ0) is 7.07. The molecule has 1 aromatic heterocycles. The van der Waals surface area contributed by atoms with Gasteiger partial charge >= 0.3 is 21.7 Å². The van der Waals surface area contributed by atoms with E-state index in [1.165, 1.54) is 0 Å². The van der Waals surface area contributed by atoms with E-state index in [1.54, 1.807) is 0 Å². The minimum Gasteiger partial charge on any atom is -0.484 e. The molecule has 0 fully saturated rings. The molecule has 0 saturated heterocycles. The first-order valence-corrected chi connectivity index (χ1v) is 3.21. The fourth-order valence-corrected chi connectivity index (χ4v) is 0.581. The SMILES string of the molecule is Cl.Cl.[C-]1=CC=CC1.[CH3-].[CH3-].[Ti+4].[c-]1ccc[nH]1. The molecule has 4 heteroatoms. The molecule has 1 N–H and O–H groups in total. The van der Waals surface area contributed by atoms with E-state index in [9.17, 15) is 0 Å². The molecule has 0 unspecified atom stereocenters. The zero-order valence-electron chi connectivity index (χ0n) is 8.99. The largest absolute Gasteiger partial charge is 4.00 e. The molecular weight excluding hydrogens is 265 g/mol. The number of halogens is 2. The van der Waals surface area contributed by atoms with Gasteiger partial charge in [0.25, 0.3) is 0 Å². The zero-order valence-corrected chi connectivity index (χ0v) is 12.2. The molecule has 1 aromatic rings. The first-order chi connectivity index (χ1) is 5.00. The van der Waals surface area contributed by atoms with Crippen LogP contribution in [-0.4, -0.2) is 4.98 Å². The summed E-state index contributed by atoms with van der Waals surface area (Å²) in [6.07, 6.45) is 14.6. The second-order valence-corrected chi connectivity index (χ2v) is 1.82. The van der Waals surface area contributed by atoms with Crippen molar-refractivity contribution in [1.82, 2.24) is 4.98 Å². The predicted molar refractivity (Wildman–Crippen MR) is 68.5 cm³/mol. The number of hydrogen-bond donors (Lipinski definition) is 1. The van der Waals surface area contributed by atoms with Crippen molar-refractivity contribution in [2.75, 3.05) is 0 Å². The summed E-state index contributed by atoms with van der Waals surface area (Å²) in [6.45, 7) is 0. The van der Waals surface area contributed by atoms with Crippen molar-refractivity contribution >= 4 is 24.8 Å². The Morgan fingerprint density at radius 3 is 1.93 bits per heavy atom. The van der Waals surface area contributed by atoms with Gasteiger partial charge in [0.15, 0.2) is 0 Å². The third-order valence-corrected chi connectivity index (χ3v) is 1.03. The maximum atomic E-state index is 2.99. The van der Waals surface area contributed by atoms with Crippen molar-refractivity contribution in [3.05, 3.63) is 63.7 Å². The van der Waals surface area contributed by atoms with Crippen molar-refractivity contribution in [3.8, 4) is 0 Å². The Morgan fingerprint density at radius 2 is 1.80 bits per heavy atom.